The molecule has 3 heterocycles. The van der Waals surface area contributed by atoms with Crippen LogP contribution in [0.25, 0.3) is 27.8 Å². The van der Waals surface area contributed by atoms with Crippen molar-refractivity contribution in [3.8, 4) is 5.69 Å². The first kappa shape index (κ1) is 20.6. The Hall–Kier alpha value is -4.28. The number of rotatable bonds is 4. The zero-order chi connectivity index (χ0) is 23.2. The van der Waals surface area contributed by atoms with Gasteiger partial charge in [0.25, 0.3) is 5.56 Å². The number of nitrogens with zero attached hydrogens (tertiary/aromatic N) is 5. The van der Waals surface area contributed by atoms with Crippen LogP contribution in [0.2, 0.25) is 0 Å². The first-order valence-electron chi connectivity index (χ1n) is 9.93. The van der Waals surface area contributed by atoms with E-state index in [2.05, 4.69) is 30.2 Å². The molecule has 1 atom stereocenters. The van der Waals surface area contributed by atoms with E-state index in [0.717, 1.165) is 6.07 Å². The predicted octanol–water partition coefficient (Wildman–Crippen LogP) is 4.24. The second-order valence-electron chi connectivity index (χ2n) is 7.33. The maximum absolute atomic E-state index is 13.7. The summed E-state index contributed by atoms with van der Waals surface area (Å²) in [6, 6.07) is 11.3. The summed E-state index contributed by atoms with van der Waals surface area (Å²) in [5, 5.41) is 2.67. The minimum Gasteiger partial charge on any atom is -0.358 e. The Labute approximate surface area is 184 Å². The molecule has 33 heavy (non-hydrogen) atoms. The van der Waals surface area contributed by atoms with Crippen molar-refractivity contribution in [2.75, 3.05) is 5.32 Å². The molecule has 0 amide bonds. The first-order valence-corrected chi connectivity index (χ1v) is 9.93. The molecule has 0 fully saturated rings. The highest BCUT2D eigenvalue weighted by Gasteiger charge is 2.34. The van der Waals surface area contributed by atoms with E-state index in [1.807, 2.05) is 0 Å². The first-order chi connectivity index (χ1) is 15.8. The van der Waals surface area contributed by atoms with E-state index in [-0.39, 0.29) is 11.3 Å². The van der Waals surface area contributed by atoms with E-state index in [9.17, 15) is 18.0 Å². The summed E-state index contributed by atoms with van der Waals surface area (Å²) in [6.07, 6.45) is -1.88. The average Bonchev–Trinajstić information content (AvgIpc) is 3.28. The Bertz CT molecular complexity index is 1530. The van der Waals surface area contributed by atoms with E-state index in [4.69, 9.17) is 0 Å². The lowest BCUT2D eigenvalue weighted by Gasteiger charge is -2.21. The molecule has 8 nitrogen and oxygen atoms in total. The summed E-state index contributed by atoms with van der Waals surface area (Å²) in [4.78, 5) is 33.4. The lowest BCUT2D eigenvalue weighted by Crippen LogP contribution is -2.29. The van der Waals surface area contributed by atoms with Crippen molar-refractivity contribution in [2.45, 2.75) is 19.1 Å². The number of hydrogen-bond donors (Lipinski definition) is 2. The van der Waals surface area contributed by atoms with Crippen molar-refractivity contribution in [1.82, 2.24) is 29.5 Å². The zero-order valence-corrected chi connectivity index (χ0v) is 17.1. The van der Waals surface area contributed by atoms with E-state index in [1.54, 1.807) is 37.3 Å². The van der Waals surface area contributed by atoms with Gasteiger partial charge in [-0.25, -0.2) is 19.9 Å². The summed E-state index contributed by atoms with van der Waals surface area (Å²) in [5.41, 5.74) is -0.485. The maximum atomic E-state index is 13.7. The molecule has 5 rings (SSSR count). The van der Waals surface area contributed by atoms with Gasteiger partial charge < -0.3 is 10.3 Å². The van der Waals surface area contributed by atoms with E-state index in [0.29, 0.717) is 22.7 Å². The van der Waals surface area contributed by atoms with Crippen LogP contribution in [0.1, 0.15) is 24.4 Å². The number of H-pyrrole nitrogens is 1. The van der Waals surface area contributed by atoms with Gasteiger partial charge >= 0.3 is 6.18 Å². The number of halogens is 3. The van der Waals surface area contributed by atoms with Crippen molar-refractivity contribution >= 4 is 27.9 Å². The molecule has 2 aromatic carbocycles. The molecule has 0 aliphatic rings. The van der Waals surface area contributed by atoms with Crippen LogP contribution in [-0.2, 0) is 6.18 Å². The Morgan fingerprint density at radius 2 is 1.82 bits per heavy atom. The summed E-state index contributed by atoms with van der Waals surface area (Å²) in [7, 11) is 0. The average molecular weight is 451 g/mol. The van der Waals surface area contributed by atoms with E-state index >= 15 is 0 Å². The van der Waals surface area contributed by atoms with Crippen LogP contribution in [0.4, 0.5) is 19.0 Å². The quantitative estimate of drug-likeness (QED) is 0.424. The topological polar surface area (TPSA) is 101 Å². The lowest BCUT2D eigenvalue weighted by atomic mass is 10.1. The number of imidazole rings is 1. The van der Waals surface area contributed by atoms with Gasteiger partial charge in [0, 0.05) is 0 Å². The molecule has 0 saturated carbocycles. The van der Waals surface area contributed by atoms with Crippen molar-refractivity contribution in [2.24, 2.45) is 0 Å². The van der Waals surface area contributed by atoms with Gasteiger partial charge in [0.05, 0.1) is 34.5 Å². The van der Waals surface area contributed by atoms with Gasteiger partial charge in [-0.1, -0.05) is 24.3 Å². The molecule has 0 bridgehead atoms. The lowest BCUT2D eigenvalue weighted by molar-refractivity contribution is -0.136. The molecule has 0 spiro atoms. The third-order valence-electron chi connectivity index (χ3n) is 5.20. The molecule has 0 aliphatic carbocycles. The molecule has 3 aromatic heterocycles. The number of anilines is 1. The number of hydrogen-bond acceptors (Lipinski definition) is 6. The Morgan fingerprint density at radius 3 is 2.58 bits per heavy atom. The fraction of sp³-hybridized carbons (Fsp3) is 0.136. The molecular formula is C22H16F3N7O. The fourth-order valence-corrected chi connectivity index (χ4v) is 3.74. The highest BCUT2D eigenvalue weighted by molar-refractivity contribution is 5.83. The molecular weight excluding hydrogens is 435 g/mol. The van der Waals surface area contributed by atoms with Crippen molar-refractivity contribution < 1.29 is 13.2 Å². The number of nitrogens with one attached hydrogen (secondary N) is 2. The van der Waals surface area contributed by atoms with E-state index < -0.39 is 28.7 Å². The van der Waals surface area contributed by atoms with Gasteiger partial charge in [0.1, 0.15) is 17.7 Å². The standard InChI is InChI=1S/C22H16F3N7O/c1-12(30-19-17-18(27-10-26-17)28-11-29-19)20-31-15-9-5-8-14(22(23,24)25)16(15)21(33)32(20)13-6-3-2-4-7-13/h2-12H,1H3,(H2,26,27,28,29,30). The second kappa shape index (κ2) is 7.69. The number of alkyl halides is 3. The number of benzene rings is 2. The molecule has 0 radical (unpaired) electrons. The van der Waals surface area contributed by atoms with Crippen LogP contribution in [0.3, 0.4) is 0 Å². The Kier molecular flexibility index (Phi) is 4.81. The second-order valence-corrected chi connectivity index (χ2v) is 7.33. The SMILES string of the molecule is CC(Nc1ncnc2[nH]cnc12)c1nc2cccc(C(F)(F)F)c2c(=O)n1-c1ccccc1. The van der Waals surface area contributed by atoms with Crippen LogP contribution < -0.4 is 10.9 Å². The van der Waals surface area contributed by atoms with Crippen LogP contribution in [0, 0.1) is 0 Å². The van der Waals surface area contributed by atoms with Gasteiger partial charge in [0.2, 0.25) is 0 Å². The smallest absolute Gasteiger partial charge is 0.358 e. The summed E-state index contributed by atoms with van der Waals surface area (Å²) >= 11 is 0. The Balaban J connectivity index is 1.74. The maximum Gasteiger partial charge on any atom is 0.417 e. The van der Waals surface area contributed by atoms with Gasteiger partial charge in [-0.15, -0.1) is 0 Å². The largest absolute Gasteiger partial charge is 0.417 e. The van der Waals surface area contributed by atoms with Gasteiger partial charge in [-0.05, 0) is 31.2 Å². The number of fused-ring (bicyclic) bond motifs is 2. The zero-order valence-electron chi connectivity index (χ0n) is 17.1. The molecule has 11 heteroatoms. The Morgan fingerprint density at radius 1 is 1.03 bits per heavy atom. The van der Waals surface area contributed by atoms with Crippen LogP contribution in [0.5, 0.6) is 0 Å². The molecule has 1 unspecified atom stereocenters. The minimum atomic E-state index is -4.70. The highest BCUT2D eigenvalue weighted by Crippen LogP contribution is 2.33. The summed E-state index contributed by atoms with van der Waals surface area (Å²) in [5.74, 6) is 0.618. The van der Waals surface area contributed by atoms with Crippen LogP contribution >= 0.6 is 0 Å². The highest BCUT2D eigenvalue weighted by atomic mass is 19.4. The number of para-hydroxylation sites is 1. The molecule has 2 N–H and O–H groups in total. The van der Waals surface area contributed by atoms with Crippen molar-refractivity contribution in [1.29, 1.82) is 0 Å². The normalized spacial score (nSPS) is 12.8. The predicted molar refractivity (Wildman–Crippen MR) is 116 cm³/mol. The molecule has 0 saturated heterocycles. The minimum absolute atomic E-state index is 0.0433. The number of aromatic amines is 1. The third kappa shape index (κ3) is 3.56. The molecule has 0 aliphatic heterocycles. The van der Waals surface area contributed by atoms with Crippen LogP contribution in [0.15, 0.2) is 66.0 Å². The summed E-state index contributed by atoms with van der Waals surface area (Å²) < 4.78 is 42.2. The molecule has 166 valence electrons. The van der Waals surface area contributed by atoms with E-state index in [1.165, 1.54) is 29.4 Å². The van der Waals surface area contributed by atoms with Crippen molar-refractivity contribution in [3.05, 3.63) is 82.9 Å². The fourth-order valence-electron chi connectivity index (χ4n) is 3.74. The van der Waals surface area contributed by atoms with Gasteiger partial charge in [-0.2, -0.15) is 13.2 Å². The monoisotopic (exact) mass is 451 g/mol. The molecule has 5 aromatic rings. The van der Waals surface area contributed by atoms with Crippen LogP contribution in [-0.4, -0.2) is 29.5 Å². The van der Waals surface area contributed by atoms with Gasteiger partial charge in [0.15, 0.2) is 11.5 Å². The number of aromatic nitrogens is 6. The van der Waals surface area contributed by atoms with Gasteiger partial charge in [-0.3, -0.25) is 9.36 Å². The third-order valence-corrected chi connectivity index (χ3v) is 5.20. The summed E-state index contributed by atoms with van der Waals surface area (Å²) in [6.45, 7) is 1.74. The van der Waals surface area contributed by atoms with Crippen molar-refractivity contribution in [3.63, 3.8) is 0 Å².